The topological polar surface area (TPSA) is 79.3 Å². The van der Waals surface area contributed by atoms with Gasteiger partial charge in [0.1, 0.15) is 4.88 Å². The number of carbonyl (C=O) groups is 2. The van der Waals surface area contributed by atoms with Crippen molar-refractivity contribution in [2.24, 2.45) is 0 Å². The Bertz CT molecular complexity index is 608. The summed E-state index contributed by atoms with van der Waals surface area (Å²) in [5, 5.41) is 12.2. The molecule has 0 radical (unpaired) electrons. The van der Waals surface area contributed by atoms with Gasteiger partial charge in [0, 0.05) is 12.4 Å². The smallest absolute Gasteiger partial charge is 0.346 e. The molecule has 0 spiro atoms. The van der Waals surface area contributed by atoms with Crippen molar-refractivity contribution in [2.45, 2.75) is 13.3 Å². The maximum absolute atomic E-state index is 11.8. The van der Waals surface area contributed by atoms with E-state index in [1.54, 1.807) is 31.5 Å². The predicted molar refractivity (Wildman–Crippen MR) is 72.6 cm³/mol. The minimum absolute atomic E-state index is 0.189. The Morgan fingerprint density at radius 2 is 2.26 bits per heavy atom. The lowest BCUT2D eigenvalue weighted by molar-refractivity contribution is -0.115. The summed E-state index contributed by atoms with van der Waals surface area (Å²) in [6.45, 7) is 1.71. The number of carboxylic acid groups (broad SMARTS) is 1. The van der Waals surface area contributed by atoms with Crippen LogP contribution in [0, 0.1) is 6.92 Å². The van der Waals surface area contributed by atoms with Gasteiger partial charge in [0.25, 0.3) is 0 Å². The molecular weight excluding hydrogens is 264 g/mol. The fraction of sp³-hybridized carbons (Fsp3) is 0.154. The van der Waals surface area contributed by atoms with Gasteiger partial charge in [-0.05, 0) is 30.2 Å². The van der Waals surface area contributed by atoms with Crippen LogP contribution in [0.3, 0.4) is 0 Å². The first-order valence-corrected chi connectivity index (χ1v) is 6.40. The van der Waals surface area contributed by atoms with Crippen molar-refractivity contribution in [1.82, 2.24) is 4.98 Å². The van der Waals surface area contributed by atoms with Crippen molar-refractivity contribution < 1.29 is 14.7 Å². The van der Waals surface area contributed by atoms with Crippen LogP contribution < -0.4 is 5.32 Å². The zero-order valence-electron chi connectivity index (χ0n) is 10.2. The van der Waals surface area contributed by atoms with Gasteiger partial charge in [0.05, 0.1) is 11.4 Å². The van der Waals surface area contributed by atoms with E-state index >= 15 is 0 Å². The number of carbonyl (C=O) groups excluding carboxylic acids is 1. The van der Waals surface area contributed by atoms with Crippen LogP contribution in [-0.4, -0.2) is 22.0 Å². The Morgan fingerprint density at radius 3 is 2.84 bits per heavy atom. The monoisotopic (exact) mass is 276 g/mol. The molecule has 6 heteroatoms. The SMILES string of the molecule is Cc1cc(NC(=O)Cc2cccnc2)sc1C(=O)O. The molecule has 2 aromatic heterocycles. The lowest BCUT2D eigenvalue weighted by Crippen LogP contribution is -2.13. The van der Waals surface area contributed by atoms with E-state index in [2.05, 4.69) is 10.3 Å². The molecule has 0 saturated carbocycles. The van der Waals surface area contributed by atoms with Gasteiger partial charge in [0.2, 0.25) is 5.91 Å². The van der Waals surface area contributed by atoms with E-state index < -0.39 is 5.97 Å². The molecule has 0 unspecified atom stereocenters. The molecule has 0 atom stereocenters. The zero-order valence-corrected chi connectivity index (χ0v) is 11.0. The average Bonchev–Trinajstić information content (AvgIpc) is 2.71. The molecule has 2 rings (SSSR count). The van der Waals surface area contributed by atoms with Gasteiger partial charge >= 0.3 is 5.97 Å². The van der Waals surface area contributed by atoms with E-state index in [0.717, 1.165) is 16.9 Å². The molecule has 0 aliphatic carbocycles. The molecule has 2 N–H and O–H groups in total. The van der Waals surface area contributed by atoms with Crippen LogP contribution in [0.4, 0.5) is 5.00 Å². The lowest BCUT2D eigenvalue weighted by atomic mass is 10.2. The van der Waals surface area contributed by atoms with Crippen molar-refractivity contribution in [2.75, 3.05) is 5.32 Å². The number of anilines is 1. The quantitative estimate of drug-likeness (QED) is 0.898. The molecule has 2 aromatic rings. The number of pyridine rings is 1. The Morgan fingerprint density at radius 1 is 1.47 bits per heavy atom. The molecule has 5 nitrogen and oxygen atoms in total. The molecule has 0 saturated heterocycles. The third-order valence-corrected chi connectivity index (χ3v) is 3.60. The Kier molecular flexibility index (Phi) is 3.91. The summed E-state index contributed by atoms with van der Waals surface area (Å²) < 4.78 is 0. The maximum atomic E-state index is 11.8. The number of aromatic nitrogens is 1. The number of carboxylic acids is 1. The normalized spacial score (nSPS) is 10.2. The van der Waals surface area contributed by atoms with Crippen LogP contribution in [0.2, 0.25) is 0 Å². The highest BCUT2D eigenvalue weighted by atomic mass is 32.1. The summed E-state index contributed by atoms with van der Waals surface area (Å²) >= 11 is 1.06. The number of hydrogen-bond donors (Lipinski definition) is 2. The van der Waals surface area contributed by atoms with Gasteiger partial charge in [-0.25, -0.2) is 4.79 Å². The second kappa shape index (κ2) is 5.62. The summed E-state index contributed by atoms with van der Waals surface area (Å²) in [5.41, 5.74) is 1.46. The van der Waals surface area contributed by atoms with Crippen LogP contribution in [0.1, 0.15) is 20.8 Å². The van der Waals surface area contributed by atoms with Gasteiger partial charge in [-0.2, -0.15) is 0 Å². The van der Waals surface area contributed by atoms with Crippen molar-refractivity contribution >= 4 is 28.2 Å². The minimum Gasteiger partial charge on any atom is -0.477 e. The van der Waals surface area contributed by atoms with Crippen LogP contribution in [0.25, 0.3) is 0 Å². The molecule has 1 amide bonds. The first kappa shape index (κ1) is 13.2. The Labute approximate surface area is 113 Å². The Hall–Kier alpha value is -2.21. The third kappa shape index (κ3) is 3.38. The highest BCUT2D eigenvalue weighted by molar-refractivity contribution is 7.18. The van der Waals surface area contributed by atoms with E-state index in [-0.39, 0.29) is 17.2 Å². The summed E-state index contributed by atoms with van der Waals surface area (Å²) in [5.74, 6) is -1.17. The van der Waals surface area contributed by atoms with E-state index in [1.165, 1.54) is 0 Å². The fourth-order valence-corrected chi connectivity index (χ4v) is 2.55. The van der Waals surface area contributed by atoms with Crippen LogP contribution in [-0.2, 0) is 11.2 Å². The molecular formula is C13H12N2O3S. The first-order chi connectivity index (χ1) is 9.06. The maximum Gasteiger partial charge on any atom is 0.346 e. The van der Waals surface area contributed by atoms with Crippen LogP contribution in [0.15, 0.2) is 30.6 Å². The highest BCUT2D eigenvalue weighted by Crippen LogP contribution is 2.26. The van der Waals surface area contributed by atoms with Crippen LogP contribution in [0.5, 0.6) is 0 Å². The molecule has 19 heavy (non-hydrogen) atoms. The number of aromatic carboxylic acids is 1. The number of nitrogens with zero attached hydrogens (tertiary/aromatic N) is 1. The molecule has 98 valence electrons. The second-order valence-corrected chi connectivity index (χ2v) is 5.07. The Balaban J connectivity index is 2.03. The number of nitrogens with one attached hydrogen (secondary N) is 1. The molecule has 2 heterocycles. The van der Waals surface area contributed by atoms with E-state index in [0.29, 0.717) is 10.6 Å². The molecule has 0 aliphatic heterocycles. The second-order valence-electron chi connectivity index (χ2n) is 4.01. The molecule has 0 aromatic carbocycles. The third-order valence-electron chi connectivity index (χ3n) is 2.46. The minimum atomic E-state index is -0.977. The summed E-state index contributed by atoms with van der Waals surface area (Å²) in [7, 11) is 0. The highest BCUT2D eigenvalue weighted by Gasteiger charge is 2.13. The standard InChI is InChI=1S/C13H12N2O3S/c1-8-5-11(19-12(8)13(17)18)15-10(16)6-9-3-2-4-14-7-9/h2-5,7H,6H2,1H3,(H,15,16)(H,17,18). The number of aryl methyl sites for hydroxylation is 1. The average molecular weight is 276 g/mol. The van der Waals surface area contributed by atoms with Gasteiger partial charge in [-0.15, -0.1) is 11.3 Å². The van der Waals surface area contributed by atoms with Crippen molar-refractivity contribution in [3.63, 3.8) is 0 Å². The van der Waals surface area contributed by atoms with Gasteiger partial charge in [-0.1, -0.05) is 6.07 Å². The summed E-state index contributed by atoms with van der Waals surface area (Å²) in [4.78, 5) is 26.9. The fourth-order valence-electron chi connectivity index (χ4n) is 1.63. The van der Waals surface area contributed by atoms with Crippen molar-refractivity contribution in [1.29, 1.82) is 0 Å². The molecule has 0 aliphatic rings. The zero-order chi connectivity index (χ0) is 13.8. The number of thiophene rings is 1. The van der Waals surface area contributed by atoms with Crippen molar-refractivity contribution in [3.05, 3.63) is 46.6 Å². The van der Waals surface area contributed by atoms with E-state index in [4.69, 9.17) is 5.11 Å². The van der Waals surface area contributed by atoms with Gasteiger partial charge < -0.3 is 10.4 Å². The van der Waals surface area contributed by atoms with Gasteiger partial charge in [0.15, 0.2) is 0 Å². The molecule has 0 fully saturated rings. The lowest BCUT2D eigenvalue weighted by Gasteiger charge is -2.01. The number of hydrogen-bond acceptors (Lipinski definition) is 4. The molecule has 0 bridgehead atoms. The van der Waals surface area contributed by atoms with Crippen LogP contribution >= 0.6 is 11.3 Å². The predicted octanol–water partition coefficient (Wildman–Crippen LogP) is 2.33. The van der Waals surface area contributed by atoms with E-state index in [1.807, 2.05) is 6.07 Å². The van der Waals surface area contributed by atoms with E-state index in [9.17, 15) is 9.59 Å². The number of rotatable bonds is 4. The number of amides is 1. The van der Waals surface area contributed by atoms with Crippen molar-refractivity contribution in [3.8, 4) is 0 Å². The summed E-state index contributed by atoms with van der Waals surface area (Å²) in [6.07, 6.45) is 3.48. The summed E-state index contributed by atoms with van der Waals surface area (Å²) in [6, 6.07) is 5.24. The first-order valence-electron chi connectivity index (χ1n) is 5.58. The largest absolute Gasteiger partial charge is 0.477 e. The van der Waals surface area contributed by atoms with Gasteiger partial charge in [-0.3, -0.25) is 9.78 Å².